The molecule has 1 aliphatic rings. The SMILES string of the molecule is CCC1(NS(=O)(=O)c2cccc(C(C)N)c2)CCC1. The van der Waals surface area contributed by atoms with Crippen LogP contribution in [-0.4, -0.2) is 14.0 Å². The summed E-state index contributed by atoms with van der Waals surface area (Å²) in [5, 5.41) is 0. The molecule has 1 aromatic carbocycles. The van der Waals surface area contributed by atoms with Gasteiger partial charge in [0.15, 0.2) is 0 Å². The van der Waals surface area contributed by atoms with E-state index in [1.165, 1.54) is 0 Å². The molecule has 0 heterocycles. The van der Waals surface area contributed by atoms with Crippen LogP contribution in [0.4, 0.5) is 0 Å². The van der Waals surface area contributed by atoms with E-state index in [1.54, 1.807) is 18.2 Å². The molecule has 1 aliphatic carbocycles. The topological polar surface area (TPSA) is 72.2 Å². The van der Waals surface area contributed by atoms with Crippen molar-refractivity contribution in [2.75, 3.05) is 0 Å². The molecular formula is C14H22N2O2S. The Balaban J connectivity index is 2.26. The number of rotatable bonds is 5. The number of hydrogen-bond donors (Lipinski definition) is 2. The smallest absolute Gasteiger partial charge is 0.241 e. The van der Waals surface area contributed by atoms with Crippen LogP contribution in [0.2, 0.25) is 0 Å². The number of nitrogens with one attached hydrogen (secondary N) is 1. The van der Waals surface area contributed by atoms with E-state index in [0.717, 1.165) is 31.2 Å². The van der Waals surface area contributed by atoms with Gasteiger partial charge < -0.3 is 5.73 Å². The minimum absolute atomic E-state index is 0.168. The molecule has 1 saturated carbocycles. The van der Waals surface area contributed by atoms with Gasteiger partial charge in [0.05, 0.1) is 4.90 Å². The largest absolute Gasteiger partial charge is 0.324 e. The highest BCUT2D eigenvalue weighted by Gasteiger charge is 2.39. The third-order valence-electron chi connectivity index (χ3n) is 4.03. The van der Waals surface area contributed by atoms with Gasteiger partial charge in [-0.1, -0.05) is 19.1 Å². The second kappa shape index (κ2) is 5.23. The number of sulfonamides is 1. The molecule has 1 atom stereocenters. The van der Waals surface area contributed by atoms with Gasteiger partial charge in [-0.3, -0.25) is 0 Å². The number of hydrogen-bond acceptors (Lipinski definition) is 3. The van der Waals surface area contributed by atoms with Crippen molar-refractivity contribution in [3.8, 4) is 0 Å². The Bertz CT molecular complexity index is 543. The molecule has 1 fully saturated rings. The van der Waals surface area contributed by atoms with Crippen molar-refractivity contribution < 1.29 is 8.42 Å². The molecule has 19 heavy (non-hydrogen) atoms. The van der Waals surface area contributed by atoms with Gasteiger partial charge in [-0.15, -0.1) is 0 Å². The Kier molecular flexibility index (Phi) is 3.99. The van der Waals surface area contributed by atoms with Gasteiger partial charge in [-0.2, -0.15) is 0 Å². The molecule has 0 radical (unpaired) electrons. The molecule has 106 valence electrons. The second-order valence-corrected chi connectivity index (χ2v) is 7.14. The lowest BCUT2D eigenvalue weighted by atomic mass is 9.76. The van der Waals surface area contributed by atoms with E-state index in [-0.39, 0.29) is 11.6 Å². The van der Waals surface area contributed by atoms with Gasteiger partial charge >= 0.3 is 0 Å². The maximum Gasteiger partial charge on any atom is 0.241 e. The zero-order chi connectivity index (χ0) is 14.1. The van der Waals surface area contributed by atoms with E-state index >= 15 is 0 Å². The summed E-state index contributed by atoms with van der Waals surface area (Å²) in [6, 6.07) is 6.71. The highest BCUT2D eigenvalue weighted by Crippen LogP contribution is 2.36. The molecule has 0 spiro atoms. The highest BCUT2D eigenvalue weighted by atomic mass is 32.2. The maximum atomic E-state index is 12.4. The molecular weight excluding hydrogens is 260 g/mol. The predicted octanol–water partition coefficient (Wildman–Crippen LogP) is 2.32. The molecule has 3 N–H and O–H groups in total. The summed E-state index contributed by atoms with van der Waals surface area (Å²) in [5.74, 6) is 0. The van der Waals surface area contributed by atoms with Crippen LogP contribution >= 0.6 is 0 Å². The van der Waals surface area contributed by atoms with Crippen LogP contribution in [0.1, 0.15) is 51.1 Å². The summed E-state index contributed by atoms with van der Waals surface area (Å²) < 4.78 is 27.7. The van der Waals surface area contributed by atoms with Gasteiger partial charge in [0.1, 0.15) is 0 Å². The highest BCUT2D eigenvalue weighted by molar-refractivity contribution is 7.89. The average molecular weight is 282 g/mol. The lowest BCUT2D eigenvalue weighted by Crippen LogP contribution is -2.52. The summed E-state index contributed by atoms with van der Waals surface area (Å²) in [7, 11) is -3.45. The molecule has 0 amide bonds. The summed E-state index contributed by atoms with van der Waals surface area (Å²) >= 11 is 0. The van der Waals surface area contributed by atoms with E-state index in [4.69, 9.17) is 5.73 Å². The minimum atomic E-state index is -3.45. The summed E-state index contributed by atoms with van der Waals surface area (Å²) in [6.45, 7) is 3.87. The van der Waals surface area contributed by atoms with Crippen LogP contribution in [0, 0.1) is 0 Å². The van der Waals surface area contributed by atoms with Crippen molar-refractivity contribution in [3.63, 3.8) is 0 Å². The summed E-state index contributed by atoms with van der Waals surface area (Å²) in [6.07, 6.45) is 3.78. The van der Waals surface area contributed by atoms with Crippen LogP contribution in [0.3, 0.4) is 0 Å². The lowest BCUT2D eigenvalue weighted by molar-refractivity contribution is 0.214. The van der Waals surface area contributed by atoms with Crippen LogP contribution < -0.4 is 10.5 Å². The fourth-order valence-corrected chi connectivity index (χ4v) is 4.03. The summed E-state index contributed by atoms with van der Waals surface area (Å²) in [4.78, 5) is 0.307. The molecule has 0 bridgehead atoms. The molecule has 0 aromatic heterocycles. The molecule has 2 rings (SSSR count). The molecule has 0 aliphatic heterocycles. The Hall–Kier alpha value is -0.910. The Morgan fingerprint density at radius 1 is 1.42 bits per heavy atom. The van der Waals surface area contributed by atoms with Crippen LogP contribution in [0.15, 0.2) is 29.2 Å². The lowest BCUT2D eigenvalue weighted by Gasteiger charge is -2.41. The first-order valence-corrected chi connectivity index (χ1v) is 8.26. The first-order chi connectivity index (χ1) is 8.88. The predicted molar refractivity (Wildman–Crippen MR) is 76.2 cm³/mol. The first-order valence-electron chi connectivity index (χ1n) is 6.78. The standard InChI is InChI=1S/C14H22N2O2S/c1-3-14(8-5-9-14)16-19(17,18)13-7-4-6-12(10-13)11(2)15/h4,6-7,10-11,16H,3,5,8-9,15H2,1-2H3. The quantitative estimate of drug-likeness (QED) is 0.870. The minimum Gasteiger partial charge on any atom is -0.324 e. The number of nitrogens with two attached hydrogens (primary N) is 1. The normalized spacial score (nSPS) is 19.7. The molecule has 0 saturated heterocycles. The van der Waals surface area contributed by atoms with Crippen molar-refractivity contribution in [1.29, 1.82) is 0 Å². The Morgan fingerprint density at radius 2 is 2.11 bits per heavy atom. The van der Waals surface area contributed by atoms with Crippen molar-refractivity contribution in [1.82, 2.24) is 4.72 Å². The van der Waals surface area contributed by atoms with Gasteiger partial charge in [0, 0.05) is 11.6 Å². The zero-order valence-electron chi connectivity index (χ0n) is 11.5. The molecule has 4 nitrogen and oxygen atoms in total. The number of benzene rings is 1. The monoisotopic (exact) mass is 282 g/mol. The van der Waals surface area contributed by atoms with Crippen LogP contribution in [-0.2, 0) is 10.0 Å². The van der Waals surface area contributed by atoms with Crippen molar-refractivity contribution in [3.05, 3.63) is 29.8 Å². The van der Waals surface area contributed by atoms with E-state index in [1.807, 2.05) is 19.9 Å². The Morgan fingerprint density at radius 3 is 2.58 bits per heavy atom. The van der Waals surface area contributed by atoms with E-state index in [0.29, 0.717) is 4.90 Å². The van der Waals surface area contributed by atoms with Gasteiger partial charge in [0.25, 0.3) is 0 Å². The van der Waals surface area contributed by atoms with Crippen molar-refractivity contribution in [2.45, 2.75) is 56.0 Å². The Labute approximate surface area is 115 Å². The van der Waals surface area contributed by atoms with E-state index < -0.39 is 10.0 Å². The van der Waals surface area contributed by atoms with E-state index in [2.05, 4.69) is 4.72 Å². The third kappa shape index (κ3) is 2.99. The van der Waals surface area contributed by atoms with Crippen LogP contribution in [0.25, 0.3) is 0 Å². The van der Waals surface area contributed by atoms with Crippen molar-refractivity contribution >= 4 is 10.0 Å². The zero-order valence-corrected chi connectivity index (χ0v) is 12.3. The maximum absolute atomic E-state index is 12.4. The fraction of sp³-hybridized carbons (Fsp3) is 0.571. The van der Waals surface area contributed by atoms with Gasteiger partial charge in [-0.25, -0.2) is 13.1 Å². The third-order valence-corrected chi connectivity index (χ3v) is 5.61. The van der Waals surface area contributed by atoms with Crippen LogP contribution in [0.5, 0.6) is 0 Å². The molecule has 5 heteroatoms. The van der Waals surface area contributed by atoms with Crippen molar-refractivity contribution in [2.24, 2.45) is 5.73 Å². The second-order valence-electron chi connectivity index (χ2n) is 5.45. The van der Waals surface area contributed by atoms with Gasteiger partial charge in [-0.05, 0) is 50.3 Å². The molecule has 1 aromatic rings. The molecule has 1 unspecified atom stereocenters. The van der Waals surface area contributed by atoms with E-state index in [9.17, 15) is 8.42 Å². The summed E-state index contributed by atoms with van der Waals surface area (Å²) in [5.41, 5.74) is 6.40. The fourth-order valence-electron chi connectivity index (χ4n) is 2.44. The first kappa shape index (κ1) is 14.5. The van der Waals surface area contributed by atoms with Gasteiger partial charge in [0.2, 0.25) is 10.0 Å². The average Bonchev–Trinajstić information content (AvgIpc) is 2.34.